The molecule has 0 spiro atoms. The van der Waals surface area contributed by atoms with Crippen LogP contribution in [0.5, 0.6) is 0 Å². The van der Waals surface area contributed by atoms with Crippen molar-refractivity contribution < 1.29 is 21.6 Å². The number of alkyl halides is 3. The summed E-state index contributed by atoms with van der Waals surface area (Å²) < 4.78 is 59.9. The van der Waals surface area contributed by atoms with Crippen LogP contribution in [-0.2, 0) is 14.7 Å². The van der Waals surface area contributed by atoms with Crippen LogP contribution in [0.15, 0.2) is 39.4 Å². The van der Waals surface area contributed by atoms with Gasteiger partial charge < -0.3 is 0 Å². The van der Waals surface area contributed by atoms with E-state index in [0.29, 0.717) is 0 Å². The van der Waals surface area contributed by atoms with Crippen LogP contribution in [0.4, 0.5) is 13.2 Å². The lowest BCUT2D eigenvalue weighted by atomic mass is 10.0. The van der Waals surface area contributed by atoms with Gasteiger partial charge in [0.15, 0.2) is 0 Å². The summed E-state index contributed by atoms with van der Waals surface area (Å²) in [7, 11) is 0.963. The Morgan fingerprint density at radius 3 is 2.24 bits per heavy atom. The number of hydrogen-bond acceptors (Lipinski definition) is 4. The fourth-order valence-electron chi connectivity index (χ4n) is 1.31. The summed E-state index contributed by atoms with van der Waals surface area (Å²) in [5.74, 6) is 0. The summed E-state index contributed by atoms with van der Waals surface area (Å²) in [6, 6.07) is 4.16. The minimum Gasteiger partial charge on any atom is -0.207 e. The Labute approximate surface area is 98.5 Å². The van der Waals surface area contributed by atoms with Crippen molar-refractivity contribution in [1.29, 1.82) is 0 Å². The maximum atomic E-state index is 12.6. The smallest absolute Gasteiger partial charge is 0.207 e. The molecule has 0 N–H and O–H groups in total. The van der Waals surface area contributed by atoms with E-state index < -0.39 is 25.8 Å². The van der Waals surface area contributed by atoms with E-state index in [4.69, 9.17) is 10.7 Å². The molecule has 0 fully saturated rings. The molecule has 0 amide bonds. The molecule has 17 heavy (non-hydrogen) atoms. The van der Waals surface area contributed by atoms with E-state index in [1.165, 1.54) is 0 Å². The number of benzene rings is 1. The van der Waals surface area contributed by atoms with Crippen molar-refractivity contribution >= 4 is 19.7 Å². The van der Waals surface area contributed by atoms with E-state index in [9.17, 15) is 21.6 Å². The highest BCUT2D eigenvalue weighted by Gasteiger charge is 2.65. The molecular formula is C8H4ClF3N2O2S. The second kappa shape index (κ2) is 3.42. The number of hydrogen-bond donors (Lipinski definition) is 0. The monoisotopic (exact) mass is 284 g/mol. The Kier molecular flexibility index (Phi) is 2.48. The standard InChI is InChI=1S/C8H4ClF3N2O2S/c9-17(15,16)6-3-1-2-5(4-6)7(13-14-7)8(10,11)12/h1-4H. The first kappa shape index (κ1) is 12.3. The van der Waals surface area contributed by atoms with Gasteiger partial charge in [-0.3, -0.25) is 0 Å². The lowest BCUT2D eigenvalue weighted by molar-refractivity contribution is -0.166. The molecule has 0 unspecified atom stereocenters. The van der Waals surface area contributed by atoms with Gasteiger partial charge in [0.05, 0.1) is 4.90 Å². The molecule has 0 saturated heterocycles. The molecule has 0 radical (unpaired) electrons. The van der Waals surface area contributed by atoms with E-state index >= 15 is 0 Å². The summed E-state index contributed by atoms with van der Waals surface area (Å²) in [6.07, 6.45) is -4.69. The molecule has 0 aliphatic carbocycles. The fraction of sp³-hybridized carbons (Fsp3) is 0.250. The molecule has 1 aromatic carbocycles. The second-order valence-electron chi connectivity index (χ2n) is 3.34. The lowest BCUT2D eigenvalue weighted by Gasteiger charge is -2.14. The summed E-state index contributed by atoms with van der Waals surface area (Å²) in [5.41, 5.74) is -3.00. The zero-order valence-electron chi connectivity index (χ0n) is 7.94. The Morgan fingerprint density at radius 2 is 1.82 bits per heavy atom. The molecule has 0 aromatic heterocycles. The molecule has 9 heteroatoms. The van der Waals surface area contributed by atoms with Crippen molar-refractivity contribution in [2.24, 2.45) is 10.2 Å². The van der Waals surface area contributed by atoms with E-state index in [-0.39, 0.29) is 5.56 Å². The SMILES string of the molecule is O=S(=O)(Cl)c1cccc(C2(C(F)(F)F)N=N2)c1. The maximum absolute atomic E-state index is 12.6. The van der Waals surface area contributed by atoms with Crippen LogP contribution in [-0.4, -0.2) is 14.6 Å². The highest BCUT2D eigenvalue weighted by Crippen LogP contribution is 2.52. The molecule has 1 heterocycles. The van der Waals surface area contributed by atoms with Crippen molar-refractivity contribution in [3.8, 4) is 0 Å². The molecule has 1 aliphatic heterocycles. The van der Waals surface area contributed by atoms with Gasteiger partial charge in [0.2, 0.25) is 0 Å². The normalized spacial score (nSPS) is 18.1. The fourth-order valence-corrected chi connectivity index (χ4v) is 2.10. The van der Waals surface area contributed by atoms with E-state index in [1.807, 2.05) is 0 Å². The van der Waals surface area contributed by atoms with Crippen molar-refractivity contribution in [2.45, 2.75) is 16.7 Å². The van der Waals surface area contributed by atoms with Crippen molar-refractivity contribution in [3.05, 3.63) is 29.8 Å². The van der Waals surface area contributed by atoms with Gasteiger partial charge in [0.25, 0.3) is 9.05 Å². The summed E-state index contributed by atoms with van der Waals surface area (Å²) in [4.78, 5) is -0.419. The highest BCUT2D eigenvalue weighted by molar-refractivity contribution is 8.13. The second-order valence-corrected chi connectivity index (χ2v) is 5.90. The van der Waals surface area contributed by atoms with Gasteiger partial charge >= 0.3 is 11.8 Å². The first-order valence-corrected chi connectivity index (χ1v) is 6.54. The zero-order chi connectivity index (χ0) is 12.9. The Morgan fingerprint density at radius 1 is 1.24 bits per heavy atom. The summed E-state index contributed by atoms with van der Waals surface area (Å²) in [5, 5.41) is 5.92. The van der Waals surface area contributed by atoms with Crippen LogP contribution >= 0.6 is 10.7 Å². The molecule has 1 aromatic rings. The third kappa shape index (κ3) is 2.02. The molecule has 0 saturated carbocycles. The van der Waals surface area contributed by atoms with Crippen LogP contribution in [0.2, 0.25) is 0 Å². The number of nitrogens with zero attached hydrogens (tertiary/aromatic N) is 2. The topological polar surface area (TPSA) is 58.9 Å². The Hall–Kier alpha value is -1.15. The Balaban J connectivity index is 2.50. The first-order valence-electron chi connectivity index (χ1n) is 4.23. The summed E-state index contributed by atoms with van der Waals surface area (Å²) in [6.45, 7) is 0. The number of rotatable bonds is 2. The average molecular weight is 285 g/mol. The van der Waals surface area contributed by atoms with E-state index in [2.05, 4.69) is 10.2 Å². The molecule has 4 nitrogen and oxygen atoms in total. The van der Waals surface area contributed by atoms with E-state index in [0.717, 1.165) is 24.3 Å². The highest BCUT2D eigenvalue weighted by atomic mass is 35.7. The lowest BCUT2D eigenvalue weighted by Crippen LogP contribution is -2.30. The zero-order valence-corrected chi connectivity index (χ0v) is 9.51. The third-order valence-corrected chi connectivity index (χ3v) is 3.56. The summed E-state index contributed by atoms with van der Waals surface area (Å²) >= 11 is 0. The number of halogens is 4. The van der Waals surface area contributed by atoms with E-state index in [1.54, 1.807) is 0 Å². The first-order chi connectivity index (χ1) is 7.67. The van der Waals surface area contributed by atoms with Crippen molar-refractivity contribution in [2.75, 3.05) is 0 Å². The molecule has 2 rings (SSSR count). The van der Waals surface area contributed by atoms with Gasteiger partial charge in [0.1, 0.15) is 0 Å². The molecular weight excluding hydrogens is 281 g/mol. The van der Waals surface area contributed by atoms with Crippen molar-refractivity contribution in [1.82, 2.24) is 0 Å². The maximum Gasteiger partial charge on any atom is 0.442 e. The van der Waals surface area contributed by atoms with Gasteiger partial charge in [-0.25, -0.2) is 8.42 Å². The van der Waals surface area contributed by atoms with Crippen LogP contribution in [0.25, 0.3) is 0 Å². The predicted octanol–water partition coefficient (Wildman–Crippen LogP) is 2.80. The minimum atomic E-state index is -4.69. The van der Waals surface area contributed by atoms with Crippen LogP contribution < -0.4 is 0 Å². The molecule has 0 atom stereocenters. The van der Waals surface area contributed by atoms with Gasteiger partial charge in [-0.15, -0.1) is 10.2 Å². The molecule has 0 bridgehead atoms. The third-order valence-electron chi connectivity index (χ3n) is 2.21. The molecule has 92 valence electrons. The van der Waals surface area contributed by atoms with Crippen LogP contribution in [0.1, 0.15) is 5.56 Å². The van der Waals surface area contributed by atoms with Gasteiger partial charge in [0, 0.05) is 16.2 Å². The quantitative estimate of drug-likeness (QED) is 0.784. The van der Waals surface area contributed by atoms with Crippen LogP contribution in [0.3, 0.4) is 0 Å². The Bertz CT molecular complexity index is 591. The average Bonchev–Trinajstić information content (AvgIpc) is 2.96. The van der Waals surface area contributed by atoms with Gasteiger partial charge in [-0.05, 0) is 12.1 Å². The van der Waals surface area contributed by atoms with Crippen molar-refractivity contribution in [3.63, 3.8) is 0 Å². The molecule has 1 aliphatic rings. The predicted molar refractivity (Wildman–Crippen MR) is 52.1 cm³/mol. The van der Waals surface area contributed by atoms with Crippen LogP contribution in [0, 0.1) is 0 Å². The van der Waals surface area contributed by atoms with Gasteiger partial charge in [-0.2, -0.15) is 13.2 Å². The largest absolute Gasteiger partial charge is 0.442 e. The van der Waals surface area contributed by atoms with Gasteiger partial charge in [-0.1, -0.05) is 12.1 Å². The minimum absolute atomic E-state index is 0.369.